The Hall–Kier alpha value is -2.16. The molecule has 2 aromatic carbocycles. The van der Waals surface area contributed by atoms with E-state index < -0.39 is 0 Å². The average molecular weight is 241 g/mol. The predicted octanol–water partition coefficient (Wildman–Crippen LogP) is 3.06. The van der Waals surface area contributed by atoms with E-state index in [2.05, 4.69) is 5.32 Å². The van der Waals surface area contributed by atoms with Gasteiger partial charge in [-0.15, -0.1) is 0 Å². The lowest BCUT2D eigenvalue weighted by Crippen LogP contribution is -2.34. The fourth-order valence-electron chi connectivity index (χ4n) is 2.17. The van der Waals surface area contributed by atoms with E-state index in [0.29, 0.717) is 11.1 Å². The quantitative estimate of drug-likeness (QED) is 0.720. The van der Waals surface area contributed by atoms with Crippen LogP contribution in [0, 0.1) is 6.92 Å². The molecule has 3 rings (SSSR count). The molecule has 1 heterocycles. The number of hydrogen-bond acceptors (Lipinski definition) is 2. The maximum atomic E-state index is 11.7. The first-order chi connectivity index (χ1) is 8.68. The van der Waals surface area contributed by atoms with Gasteiger partial charge in [-0.05, 0) is 30.0 Å². The molecule has 0 saturated carbocycles. The Balaban J connectivity index is 0.000000574. The molecule has 92 valence electrons. The van der Waals surface area contributed by atoms with Crippen LogP contribution in [0.25, 0.3) is 10.8 Å². The molecule has 0 aromatic heterocycles. The molecule has 0 saturated heterocycles. The van der Waals surface area contributed by atoms with Gasteiger partial charge in [0.1, 0.15) is 0 Å². The lowest BCUT2D eigenvalue weighted by Gasteiger charge is -2.17. The van der Waals surface area contributed by atoms with Gasteiger partial charge in [-0.3, -0.25) is 14.9 Å². The molecule has 18 heavy (non-hydrogen) atoms. The molecule has 2 aromatic rings. The minimum atomic E-state index is -0.311. The van der Waals surface area contributed by atoms with Crippen molar-refractivity contribution in [3.8, 4) is 0 Å². The summed E-state index contributed by atoms with van der Waals surface area (Å²) >= 11 is 0. The van der Waals surface area contributed by atoms with E-state index in [1.165, 1.54) is 0 Å². The zero-order chi connectivity index (χ0) is 13.3. The highest BCUT2D eigenvalue weighted by Gasteiger charge is 2.24. The lowest BCUT2D eigenvalue weighted by molar-refractivity contribution is 0.0845. The fraction of sp³-hybridized carbons (Fsp3) is 0.200. The summed E-state index contributed by atoms with van der Waals surface area (Å²) in [5.74, 6) is -0.623. The first-order valence-electron chi connectivity index (χ1n) is 6.06. The third-order valence-corrected chi connectivity index (χ3v) is 2.97. The molecule has 0 unspecified atom stereocenters. The van der Waals surface area contributed by atoms with Gasteiger partial charge in [0.15, 0.2) is 0 Å². The highest BCUT2D eigenvalue weighted by Crippen LogP contribution is 2.28. The van der Waals surface area contributed by atoms with E-state index in [9.17, 15) is 9.59 Å². The summed E-state index contributed by atoms with van der Waals surface area (Å²) in [5.41, 5.74) is 2.23. The van der Waals surface area contributed by atoms with Gasteiger partial charge in [-0.25, -0.2) is 0 Å². The Morgan fingerprint density at radius 1 is 0.889 bits per heavy atom. The molecule has 3 heteroatoms. The molecule has 1 aliphatic rings. The van der Waals surface area contributed by atoms with Gasteiger partial charge in [-0.2, -0.15) is 0 Å². The van der Waals surface area contributed by atoms with Crippen molar-refractivity contribution in [2.24, 2.45) is 0 Å². The van der Waals surface area contributed by atoms with E-state index in [4.69, 9.17) is 0 Å². The molecule has 1 aliphatic heterocycles. The Bertz CT molecular complexity index is 624. The largest absolute Gasteiger partial charge is 0.288 e. The first-order valence-corrected chi connectivity index (χ1v) is 6.06. The van der Waals surface area contributed by atoms with Crippen molar-refractivity contribution in [1.29, 1.82) is 0 Å². The van der Waals surface area contributed by atoms with Crippen LogP contribution in [0.15, 0.2) is 30.3 Å². The van der Waals surface area contributed by atoms with Gasteiger partial charge in [-0.1, -0.05) is 32.0 Å². The van der Waals surface area contributed by atoms with Crippen LogP contribution in [0.1, 0.15) is 40.1 Å². The van der Waals surface area contributed by atoms with Gasteiger partial charge >= 0.3 is 0 Å². The summed E-state index contributed by atoms with van der Waals surface area (Å²) in [5, 5.41) is 4.08. The van der Waals surface area contributed by atoms with Gasteiger partial charge in [0.25, 0.3) is 11.8 Å². The monoisotopic (exact) mass is 241 g/mol. The Morgan fingerprint density at radius 3 is 2.17 bits per heavy atom. The van der Waals surface area contributed by atoms with Crippen LogP contribution in [0.4, 0.5) is 0 Å². The Morgan fingerprint density at radius 2 is 1.50 bits per heavy atom. The normalized spacial score (nSPS) is 12.8. The van der Waals surface area contributed by atoms with Crippen molar-refractivity contribution in [3.63, 3.8) is 0 Å². The van der Waals surface area contributed by atoms with E-state index in [-0.39, 0.29) is 11.8 Å². The minimum absolute atomic E-state index is 0.311. The maximum absolute atomic E-state index is 11.7. The van der Waals surface area contributed by atoms with Gasteiger partial charge < -0.3 is 0 Å². The molecule has 0 fully saturated rings. The van der Waals surface area contributed by atoms with Crippen molar-refractivity contribution >= 4 is 22.6 Å². The van der Waals surface area contributed by atoms with Gasteiger partial charge in [0.05, 0.1) is 0 Å². The van der Waals surface area contributed by atoms with E-state index in [1.807, 2.05) is 39.0 Å². The number of aryl methyl sites for hydroxylation is 1. The number of carbonyl (C=O) groups is 2. The van der Waals surface area contributed by atoms with Gasteiger partial charge in [0.2, 0.25) is 0 Å². The number of imide groups is 1. The second-order valence-corrected chi connectivity index (χ2v) is 3.94. The van der Waals surface area contributed by atoms with Crippen molar-refractivity contribution in [2.75, 3.05) is 0 Å². The van der Waals surface area contributed by atoms with Crippen LogP contribution in [-0.2, 0) is 0 Å². The summed E-state index contributed by atoms with van der Waals surface area (Å²) in [7, 11) is 0. The molecule has 2 amide bonds. The molecule has 0 atom stereocenters. The van der Waals surface area contributed by atoms with Crippen molar-refractivity contribution in [3.05, 3.63) is 47.0 Å². The Labute approximate surface area is 106 Å². The minimum Gasteiger partial charge on any atom is -0.288 e. The van der Waals surface area contributed by atoms with Crippen LogP contribution >= 0.6 is 0 Å². The molecular formula is C15H15NO2. The number of amides is 2. The summed E-state index contributed by atoms with van der Waals surface area (Å²) in [4.78, 5) is 23.3. The number of carbonyl (C=O) groups excluding carboxylic acids is 2. The third kappa shape index (κ3) is 1.68. The topological polar surface area (TPSA) is 46.2 Å². The van der Waals surface area contributed by atoms with E-state index >= 15 is 0 Å². The van der Waals surface area contributed by atoms with Crippen molar-refractivity contribution < 1.29 is 9.59 Å². The Kier molecular flexibility index (Phi) is 3.15. The number of hydrogen-bond donors (Lipinski definition) is 1. The summed E-state index contributed by atoms with van der Waals surface area (Å²) in [6.07, 6.45) is 0. The molecule has 3 nitrogen and oxygen atoms in total. The highest BCUT2D eigenvalue weighted by molar-refractivity contribution is 6.25. The van der Waals surface area contributed by atoms with Crippen molar-refractivity contribution in [1.82, 2.24) is 5.32 Å². The predicted molar refractivity (Wildman–Crippen MR) is 71.8 cm³/mol. The SMILES string of the molecule is CC.Cc1ccc2c3c(cccc13)C(=O)NC2=O. The van der Waals surface area contributed by atoms with Crippen molar-refractivity contribution in [2.45, 2.75) is 20.8 Å². The summed E-state index contributed by atoms with van der Waals surface area (Å²) < 4.78 is 0. The fourth-order valence-corrected chi connectivity index (χ4v) is 2.17. The van der Waals surface area contributed by atoms with Gasteiger partial charge in [0, 0.05) is 16.5 Å². The number of benzene rings is 2. The van der Waals surface area contributed by atoms with E-state index in [0.717, 1.165) is 16.3 Å². The summed E-state index contributed by atoms with van der Waals surface area (Å²) in [6, 6.07) is 9.18. The first kappa shape index (κ1) is 12.3. The summed E-state index contributed by atoms with van der Waals surface area (Å²) in [6.45, 7) is 5.97. The van der Waals surface area contributed by atoms with E-state index in [1.54, 1.807) is 12.1 Å². The van der Waals surface area contributed by atoms with Crippen LogP contribution < -0.4 is 5.32 Å². The van der Waals surface area contributed by atoms with Crippen LogP contribution in [0.5, 0.6) is 0 Å². The molecule has 0 bridgehead atoms. The number of nitrogens with one attached hydrogen (secondary N) is 1. The maximum Gasteiger partial charge on any atom is 0.258 e. The number of rotatable bonds is 0. The molecule has 0 spiro atoms. The lowest BCUT2D eigenvalue weighted by atomic mass is 9.93. The van der Waals surface area contributed by atoms with Crippen LogP contribution in [0.3, 0.4) is 0 Å². The molecular weight excluding hydrogens is 226 g/mol. The van der Waals surface area contributed by atoms with Crippen LogP contribution in [0.2, 0.25) is 0 Å². The molecule has 0 radical (unpaired) electrons. The zero-order valence-corrected chi connectivity index (χ0v) is 10.7. The van der Waals surface area contributed by atoms with Crippen LogP contribution in [-0.4, -0.2) is 11.8 Å². The smallest absolute Gasteiger partial charge is 0.258 e. The second-order valence-electron chi connectivity index (χ2n) is 3.94. The standard InChI is InChI=1S/C13H9NO2.C2H6/c1-7-5-6-10-11-8(7)3-2-4-9(11)12(15)14-13(10)16;1-2/h2-6H,1H3,(H,14,15,16);1-2H3. The zero-order valence-electron chi connectivity index (χ0n) is 10.7. The molecule has 1 N–H and O–H groups in total. The average Bonchev–Trinajstić information content (AvgIpc) is 2.40. The second kappa shape index (κ2) is 4.61. The third-order valence-electron chi connectivity index (χ3n) is 2.97. The highest BCUT2D eigenvalue weighted by atomic mass is 16.2. The molecule has 0 aliphatic carbocycles.